The summed E-state index contributed by atoms with van der Waals surface area (Å²) in [5.74, 6) is 0.117. The van der Waals surface area contributed by atoms with Crippen molar-refractivity contribution in [2.45, 2.75) is 38.1 Å². The van der Waals surface area contributed by atoms with Gasteiger partial charge >= 0.3 is 0 Å². The minimum Gasteiger partial charge on any atom is -0.489 e. The molecule has 1 aromatic carbocycles. The number of sulfonamides is 1. The zero-order valence-corrected chi connectivity index (χ0v) is 16.7. The fourth-order valence-electron chi connectivity index (χ4n) is 2.13. The van der Waals surface area contributed by atoms with Crippen LogP contribution in [0.1, 0.15) is 26.3 Å². The van der Waals surface area contributed by atoms with Crippen LogP contribution in [0.2, 0.25) is 5.02 Å². The highest BCUT2D eigenvalue weighted by Crippen LogP contribution is 2.20. The van der Waals surface area contributed by atoms with E-state index in [0.717, 1.165) is 5.56 Å². The first-order valence-corrected chi connectivity index (χ1v) is 9.86. The molecule has 0 aliphatic heterocycles. The maximum atomic E-state index is 12.2. The summed E-state index contributed by atoms with van der Waals surface area (Å²) in [5, 5.41) is 3.96. The van der Waals surface area contributed by atoms with Gasteiger partial charge in [-0.05, 0) is 39.8 Å². The Labute approximate surface area is 158 Å². The zero-order valence-electron chi connectivity index (χ0n) is 15.1. The van der Waals surface area contributed by atoms with Crippen LogP contribution in [0.25, 0.3) is 0 Å². The zero-order chi connectivity index (χ0) is 19.5. The number of hydrogen-bond acceptors (Lipinski definition) is 5. The van der Waals surface area contributed by atoms with Crippen LogP contribution in [-0.2, 0) is 15.6 Å². The van der Waals surface area contributed by atoms with Gasteiger partial charge in [-0.2, -0.15) is 5.10 Å². The van der Waals surface area contributed by atoms with E-state index in [-0.39, 0.29) is 28.8 Å². The van der Waals surface area contributed by atoms with Crippen LogP contribution in [0.3, 0.4) is 0 Å². The van der Waals surface area contributed by atoms with Crippen molar-refractivity contribution in [3.8, 4) is 5.75 Å². The number of nitrogens with zero attached hydrogens (tertiary/aromatic N) is 2. The number of aromatic nitrogens is 2. The van der Waals surface area contributed by atoms with E-state index in [1.165, 1.54) is 23.0 Å². The Balaban J connectivity index is 1.99. The topological polar surface area (TPSA) is 90.3 Å². The lowest BCUT2D eigenvalue weighted by Gasteiger charge is -2.21. The van der Waals surface area contributed by atoms with Crippen molar-refractivity contribution in [3.63, 3.8) is 0 Å². The van der Waals surface area contributed by atoms with Crippen molar-refractivity contribution in [2.24, 2.45) is 0 Å². The molecule has 2 rings (SSSR count). The van der Waals surface area contributed by atoms with Crippen LogP contribution >= 0.6 is 11.6 Å². The normalized spacial score (nSPS) is 12.2. The SMILES string of the molecule is Cc1ccc(S(=O)(=O)NCCOc2cnn(C(C)(C)C)c(=O)c2Cl)cc1. The Bertz CT molecular complexity index is 932. The summed E-state index contributed by atoms with van der Waals surface area (Å²) in [5.41, 5.74) is -0.000507. The summed E-state index contributed by atoms with van der Waals surface area (Å²) in [7, 11) is -3.62. The maximum Gasteiger partial charge on any atom is 0.289 e. The van der Waals surface area contributed by atoms with E-state index in [9.17, 15) is 13.2 Å². The summed E-state index contributed by atoms with van der Waals surface area (Å²) in [6.07, 6.45) is 1.35. The van der Waals surface area contributed by atoms with E-state index in [1.54, 1.807) is 12.1 Å². The van der Waals surface area contributed by atoms with Gasteiger partial charge in [0, 0.05) is 6.54 Å². The number of halogens is 1. The molecule has 0 fully saturated rings. The van der Waals surface area contributed by atoms with Crippen molar-refractivity contribution in [3.05, 3.63) is 51.4 Å². The maximum absolute atomic E-state index is 12.2. The molecule has 0 saturated heterocycles. The van der Waals surface area contributed by atoms with Gasteiger partial charge in [-0.15, -0.1) is 0 Å². The number of rotatable bonds is 6. The molecule has 0 bridgehead atoms. The fraction of sp³-hybridized carbons (Fsp3) is 0.412. The van der Waals surface area contributed by atoms with E-state index in [0.29, 0.717) is 0 Å². The van der Waals surface area contributed by atoms with Crippen molar-refractivity contribution < 1.29 is 13.2 Å². The highest BCUT2D eigenvalue weighted by atomic mass is 35.5. The van der Waals surface area contributed by atoms with E-state index < -0.39 is 21.1 Å². The average molecular weight is 400 g/mol. The summed E-state index contributed by atoms with van der Waals surface area (Å²) < 4.78 is 33.4. The van der Waals surface area contributed by atoms with Crippen LogP contribution in [-0.4, -0.2) is 31.3 Å². The van der Waals surface area contributed by atoms with Crippen molar-refractivity contribution in [2.75, 3.05) is 13.2 Å². The molecule has 1 aromatic heterocycles. The number of ether oxygens (including phenoxy) is 1. The highest BCUT2D eigenvalue weighted by molar-refractivity contribution is 7.89. The van der Waals surface area contributed by atoms with E-state index in [4.69, 9.17) is 16.3 Å². The third-order valence-electron chi connectivity index (χ3n) is 3.51. The molecule has 0 spiro atoms. The molecule has 2 aromatic rings. The number of hydrogen-bond donors (Lipinski definition) is 1. The van der Waals surface area contributed by atoms with Gasteiger partial charge < -0.3 is 4.74 Å². The average Bonchev–Trinajstić information content (AvgIpc) is 2.54. The number of benzene rings is 1. The second-order valence-electron chi connectivity index (χ2n) is 6.77. The molecule has 0 atom stereocenters. The molecule has 1 N–H and O–H groups in total. The molecule has 0 aliphatic carbocycles. The second kappa shape index (κ2) is 7.77. The lowest BCUT2D eigenvalue weighted by Crippen LogP contribution is -2.36. The molecule has 9 heteroatoms. The number of nitrogens with one attached hydrogen (secondary N) is 1. The van der Waals surface area contributed by atoms with Gasteiger partial charge in [0.1, 0.15) is 6.61 Å². The van der Waals surface area contributed by atoms with Gasteiger partial charge in [-0.1, -0.05) is 29.3 Å². The molecule has 0 unspecified atom stereocenters. The highest BCUT2D eigenvalue weighted by Gasteiger charge is 2.20. The standard InChI is InChI=1S/C17H22ClN3O4S/c1-12-5-7-13(8-6-12)26(23,24)20-9-10-25-14-11-19-21(17(2,3)4)16(22)15(14)18/h5-8,11,20H,9-10H2,1-4H3. The quantitative estimate of drug-likeness (QED) is 0.753. The van der Waals surface area contributed by atoms with Gasteiger partial charge in [0.15, 0.2) is 10.8 Å². The predicted molar refractivity (Wildman–Crippen MR) is 100 cm³/mol. The molecular formula is C17H22ClN3O4S. The summed E-state index contributed by atoms with van der Waals surface area (Å²) >= 11 is 6.05. The Morgan fingerprint density at radius 1 is 1.23 bits per heavy atom. The Morgan fingerprint density at radius 2 is 1.85 bits per heavy atom. The molecule has 1 heterocycles. The molecule has 7 nitrogen and oxygen atoms in total. The first-order chi connectivity index (χ1) is 12.0. The van der Waals surface area contributed by atoms with Gasteiger partial charge in [-0.25, -0.2) is 17.8 Å². The van der Waals surface area contributed by atoms with Crippen LogP contribution in [0.4, 0.5) is 0 Å². The van der Waals surface area contributed by atoms with Crippen LogP contribution in [0.5, 0.6) is 5.75 Å². The second-order valence-corrected chi connectivity index (χ2v) is 8.91. The van der Waals surface area contributed by atoms with Crippen molar-refractivity contribution in [1.29, 1.82) is 0 Å². The van der Waals surface area contributed by atoms with Gasteiger partial charge in [0.2, 0.25) is 10.0 Å². The summed E-state index contributed by atoms with van der Waals surface area (Å²) in [6.45, 7) is 7.40. The van der Waals surface area contributed by atoms with Gasteiger partial charge in [0.25, 0.3) is 5.56 Å². The summed E-state index contributed by atoms with van der Waals surface area (Å²) in [4.78, 5) is 12.4. The Morgan fingerprint density at radius 3 is 2.42 bits per heavy atom. The van der Waals surface area contributed by atoms with Crippen LogP contribution < -0.4 is 15.0 Å². The summed E-state index contributed by atoms with van der Waals surface area (Å²) in [6, 6.07) is 6.51. The first-order valence-electron chi connectivity index (χ1n) is 8.00. The molecule has 142 valence electrons. The minimum atomic E-state index is -3.62. The molecule has 0 saturated carbocycles. The molecule has 0 amide bonds. The van der Waals surface area contributed by atoms with Gasteiger partial charge in [-0.3, -0.25) is 4.79 Å². The van der Waals surface area contributed by atoms with Gasteiger partial charge in [0.05, 0.1) is 16.6 Å². The van der Waals surface area contributed by atoms with Crippen molar-refractivity contribution in [1.82, 2.24) is 14.5 Å². The fourth-order valence-corrected chi connectivity index (χ4v) is 3.33. The Hall–Kier alpha value is -1.90. The largest absolute Gasteiger partial charge is 0.489 e. The lowest BCUT2D eigenvalue weighted by atomic mass is 10.1. The molecular weight excluding hydrogens is 378 g/mol. The van der Waals surface area contributed by atoms with E-state index >= 15 is 0 Å². The third kappa shape index (κ3) is 4.84. The lowest BCUT2D eigenvalue weighted by molar-refractivity contribution is 0.304. The molecule has 0 radical (unpaired) electrons. The molecule has 26 heavy (non-hydrogen) atoms. The number of aryl methyl sites for hydroxylation is 1. The third-order valence-corrected chi connectivity index (χ3v) is 5.33. The van der Waals surface area contributed by atoms with Crippen LogP contribution in [0, 0.1) is 6.92 Å². The monoisotopic (exact) mass is 399 g/mol. The van der Waals surface area contributed by atoms with Crippen molar-refractivity contribution >= 4 is 21.6 Å². The van der Waals surface area contributed by atoms with E-state index in [1.807, 2.05) is 27.7 Å². The van der Waals surface area contributed by atoms with Crippen LogP contribution in [0.15, 0.2) is 40.2 Å². The first kappa shape index (κ1) is 20.4. The smallest absolute Gasteiger partial charge is 0.289 e. The minimum absolute atomic E-state index is 0.00542. The Kier molecular flexibility index (Phi) is 6.10. The predicted octanol–water partition coefficient (Wildman–Crippen LogP) is 2.32. The molecule has 0 aliphatic rings. The van der Waals surface area contributed by atoms with E-state index in [2.05, 4.69) is 9.82 Å².